The highest BCUT2D eigenvalue weighted by Crippen LogP contribution is 2.51. The number of nitrogens with two attached hydrogens (primary N) is 1. The van der Waals surface area contributed by atoms with Crippen LogP contribution < -0.4 is 15.8 Å². The van der Waals surface area contributed by atoms with Gasteiger partial charge in [0.05, 0.1) is 27.4 Å². The van der Waals surface area contributed by atoms with Gasteiger partial charge in [-0.15, -0.1) is 0 Å². The second kappa shape index (κ2) is 10.6. The first-order valence-electron chi connectivity index (χ1n) is 12.9. The van der Waals surface area contributed by atoms with Crippen molar-refractivity contribution in [2.75, 3.05) is 19.5 Å². The molecule has 1 saturated heterocycles. The molecule has 2 atom stereocenters. The standard InChI is InChI=1S/C29H35N5O4Si/c1-29(2,3)39(5,6)23-17-38-28(36)25(23)34-26(31)21(15-30)24(33-34)19-13-11-18(12-14-19)16-32-27(35)20-9-7-8-10-22(20)37-4/h7-14,23,25H,16-17,31H2,1-6H3,(H,32,35)/t23-,25+/m1/s1. The maximum Gasteiger partial charge on any atom is 0.331 e. The number of nitrogens with one attached hydrogen (secondary N) is 1. The second-order valence-corrected chi connectivity index (χ2v) is 17.1. The Morgan fingerprint density at radius 3 is 2.51 bits per heavy atom. The number of hydrogen-bond acceptors (Lipinski definition) is 7. The van der Waals surface area contributed by atoms with Gasteiger partial charge in [-0.05, 0) is 22.7 Å². The minimum Gasteiger partial charge on any atom is -0.496 e. The summed E-state index contributed by atoms with van der Waals surface area (Å²) in [4.78, 5) is 25.6. The SMILES string of the molecule is COc1ccccc1C(=O)NCc1ccc(-c2nn([C@@H]3C(=O)OC[C@H]3[Si](C)(C)C(C)(C)C)c(N)c2C#N)cc1. The van der Waals surface area contributed by atoms with Crippen molar-refractivity contribution in [2.45, 2.75) is 57.0 Å². The molecule has 3 aromatic rings. The molecule has 1 fully saturated rings. The summed E-state index contributed by atoms with van der Waals surface area (Å²) in [6, 6.07) is 15.9. The lowest BCUT2D eigenvalue weighted by Gasteiger charge is -2.42. The van der Waals surface area contributed by atoms with Crippen LogP contribution in [0.1, 0.15) is 48.3 Å². The number of hydrogen-bond donors (Lipinski definition) is 2. The smallest absolute Gasteiger partial charge is 0.331 e. The minimum absolute atomic E-state index is 0.0175. The molecule has 2 heterocycles. The summed E-state index contributed by atoms with van der Waals surface area (Å²) in [5.74, 6) is 0.0587. The predicted molar refractivity (Wildman–Crippen MR) is 152 cm³/mol. The molecule has 1 aliphatic heterocycles. The number of cyclic esters (lactones) is 1. The number of aromatic nitrogens is 2. The Labute approximate surface area is 229 Å². The fraction of sp³-hybridized carbons (Fsp3) is 0.379. The van der Waals surface area contributed by atoms with Crippen LogP contribution in [0.15, 0.2) is 48.5 Å². The fourth-order valence-corrected chi connectivity index (χ4v) is 7.48. The Bertz CT molecular complexity index is 1430. The van der Waals surface area contributed by atoms with Crippen LogP contribution in [0.25, 0.3) is 11.3 Å². The number of nitrogens with zero attached hydrogens (tertiary/aromatic N) is 3. The van der Waals surface area contributed by atoms with Crippen LogP contribution in [0, 0.1) is 11.3 Å². The van der Waals surface area contributed by atoms with Gasteiger partial charge in [0.25, 0.3) is 5.91 Å². The molecule has 1 aliphatic rings. The number of ether oxygens (including phenoxy) is 2. The van der Waals surface area contributed by atoms with Crippen molar-refractivity contribution in [3.8, 4) is 23.1 Å². The number of esters is 1. The maximum atomic E-state index is 12.9. The van der Waals surface area contributed by atoms with E-state index in [4.69, 9.17) is 20.3 Å². The van der Waals surface area contributed by atoms with E-state index in [1.54, 1.807) is 24.3 Å². The number of carbonyl (C=O) groups is 2. The van der Waals surface area contributed by atoms with E-state index >= 15 is 0 Å². The van der Waals surface area contributed by atoms with Crippen molar-refractivity contribution in [3.63, 3.8) is 0 Å². The van der Waals surface area contributed by atoms with E-state index in [1.165, 1.54) is 11.8 Å². The van der Waals surface area contributed by atoms with E-state index in [0.717, 1.165) is 5.56 Å². The number of nitriles is 1. The summed E-state index contributed by atoms with van der Waals surface area (Å²) in [5.41, 5.74) is 9.03. The van der Waals surface area contributed by atoms with Crippen LogP contribution in [0.4, 0.5) is 5.82 Å². The Kier molecular flexibility index (Phi) is 7.57. The number of para-hydroxylation sites is 1. The van der Waals surface area contributed by atoms with Gasteiger partial charge in [0, 0.05) is 17.6 Å². The molecule has 1 amide bonds. The molecule has 10 heteroatoms. The number of carbonyl (C=O) groups excluding carboxylic acids is 2. The van der Waals surface area contributed by atoms with Gasteiger partial charge in [0.15, 0.2) is 6.04 Å². The first-order valence-corrected chi connectivity index (χ1v) is 15.9. The van der Waals surface area contributed by atoms with E-state index in [1.807, 2.05) is 24.3 Å². The van der Waals surface area contributed by atoms with Crippen molar-refractivity contribution >= 4 is 25.8 Å². The molecule has 0 spiro atoms. The zero-order chi connectivity index (χ0) is 28.5. The number of anilines is 1. The van der Waals surface area contributed by atoms with Gasteiger partial charge in [-0.3, -0.25) is 4.79 Å². The van der Waals surface area contributed by atoms with Gasteiger partial charge in [0.2, 0.25) is 0 Å². The molecule has 39 heavy (non-hydrogen) atoms. The molecule has 4 rings (SSSR count). The van der Waals surface area contributed by atoms with Gasteiger partial charge in [0.1, 0.15) is 28.9 Å². The third-order valence-electron chi connectivity index (χ3n) is 8.24. The molecule has 9 nitrogen and oxygen atoms in total. The Balaban J connectivity index is 1.59. The Morgan fingerprint density at radius 2 is 1.90 bits per heavy atom. The van der Waals surface area contributed by atoms with E-state index in [0.29, 0.717) is 35.7 Å². The quantitative estimate of drug-likeness (QED) is 0.318. The van der Waals surface area contributed by atoms with Crippen molar-refractivity contribution in [1.82, 2.24) is 15.1 Å². The number of rotatable bonds is 7. The van der Waals surface area contributed by atoms with Crippen molar-refractivity contribution in [1.29, 1.82) is 5.26 Å². The molecular formula is C29H35N5O4Si. The summed E-state index contributed by atoms with van der Waals surface area (Å²) in [6.07, 6.45) is 0. The summed E-state index contributed by atoms with van der Waals surface area (Å²) in [7, 11) is -0.499. The average molecular weight is 546 g/mol. The lowest BCUT2D eigenvalue weighted by Crippen LogP contribution is -2.46. The van der Waals surface area contributed by atoms with Gasteiger partial charge < -0.3 is 20.5 Å². The monoisotopic (exact) mass is 545 g/mol. The third kappa shape index (κ3) is 5.14. The zero-order valence-corrected chi connectivity index (χ0v) is 24.2. The van der Waals surface area contributed by atoms with Crippen LogP contribution in [0.2, 0.25) is 23.7 Å². The molecule has 0 saturated carbocycles. The average Bonchev–Trinajstić information content (AvgIpc) is 3.45. The van der Waals surface area contributed by atoms with Gasteiger partial charge in [-0.1, -0.05) is 70.3 Å². The van der Waals surface area contributed by atoms with Crippen LogP contribution in [0.5, 0.6) is 5.75 Å². The summed E-state index contributed by atoms with van der Waals surface area (Å²) in [5, 5.41) is 17.6. The predicted octanol–water partition coefficient (Wildman–Crippen LogP) is 4.92. The summed E-state index contributed by atoms with van der Waals surface area (Å²) >= 11 is 0. The molecule has 0 aliphatic carbocycles. The van der Waals surface area contributed by atoms with Gasteiger partial charge in [-0.25, -0.2) is 9.48 Å². The minimum atomic E-state index is -2.02. The summed E-state index contributed by atoms with van der Waals surface area (Å²) < 4.78 is 12.3. The van der Waals surface area contributed by atoms with Gasteiger partial charge in [-0.2, -0.15) is 10.4 Å². The number of nitrogen functional groups attached to an aromatic ring is 1. The number of benzene rings is 2. The maximum absolute atomic E-state index is 12.9. The van der Waals surface area contributed by atoms with E-state index in [2.05, 4.69) is 45.3 Å². The molecule has 0 unspecified atom stereocenters. The normalized spacial score (nSPS) is 17.4. The van der Waals surface area contributed by atoms with E-state index in [9.17, 15) is 14.9 Å². The highest BCUT2D eigenvalue weighted by molar-refractivity contribution is 6.82. The van der Waals surface area contributed by atoms with E-state index < -0.39 is 14.1 Å². The second-order valence-electron chi connectivity index (χ2n) is 11.4. The van der Waals surface area contributed by atoms with Crippen molar-refractivity contribution in [3.05, 3.63) is 65.2 Å². The number of amides is 1. The van der Waals surface area contributed by atoms with Crippen molar-refractivity contribution < 1.29 is 19.1 Å². The van der Waals surface area contributed by atoms with Crippen LogP contribution in [0.3, 0.4) is 0 Å². The summed E-state index contributed by atoms with van der Waals surface area (Å²) in [6.45, 7) is 11.7. The lowest BCUT2D eigenvalue weighted by atomic mass is 10.1. The van der Waals surface area contributed by atoms with E-state index in [-0.39, 0.29) is 33.8 Å². The molecule has 0 radical (unpaired) electrons. The fourth-order valence-electron chi connectivity index (χ4n) is 4.80. The highest BCUT2D eigenvalue weighted by Gasteiger charge is 2.53. The third-order valence-corrected chi connectivity index (χ3v) is 14.4. The van der Waals surface area contributed by atoms with Crippen molar-refractivity contribution in [2.24, 2.45) is 0 Å². The first-order chi connectivity index (χ1) is 18.4. The molecule has 2 aromatic carbocycles. The van der Waals surface area contributed by atoms with Crippen LogP contribution >= 0.6 is 0 Å². The molecule has 0 bridgehead atoms. The molecular weight excluding hydrogens is 510 g/mol. The van der Waals surface area contributed by atoms with Crippen LogP contribution in [-0.4, -0.2) is 43.4 Å². The molecule has 204 valence electrons. The lowest BCUT2D eigenvalue weighted by molar-refractivity contribution is -0.140. The Morgan fingerprint density at radius 1 is 1.23 bits per heavy atom. The largest absolute Gasteiger partial charge is 0.496 e. The van der Waals surface area contributed by atoms with Gasteiger partial charge >= 0.3 is 5.97 Å². The Hall–Kier alpha value is -4.10. The highest BCUT2D eigenvalue weighted by atomic mass is 28.3. The zero-order valence-electron chi connectivity index (χ0n) is 23.2. The molecule has 3 N–H and O–H groups in total. The van der Waals surface area contributed by atoms with Crippen LogP contribution in [-0.2, 0) is 16.1 Å². The first kappa shape index (κ1) is 27.9. The molecule has 1 aromatic heterocycles. The topological polar surface area (TPSA) is 132 Å². The number of methoxy groups -OCH3 is 1.